The molecule has 106 valence electrons. The first-order chi connectivity index (χ1) is 8.88. The Labute approximate surface area is 119 Å². The summed E-state index contributed by atoms with van der Waals surface area (Å²) in [4.78, 5) is 2.03. The van der Waals surface area contributed by atoms with Gasteiger partial charge < -0.3 is 5.73 Å². The van der Waals surface area contributed by atoms with E-state index in [2.05, 4.69) is 0 Å². The van der Waals surface area contributed by atoms with E-state index in [1.54, 1.807) is 0 Å². The van der Waals surface area contributed by atoms with Crippen molar-refractivity contribution in [3.05, 3.63) is 34.9 Å². The Morgan fingerprint density at radius 2 is 2.11 bits per heavy atom. The topological polar surface area (TPSA) is 63.4 Å². The first-order valence-electron chi connectivity index (χ1n) is 6.24. The molecule has 0 spiro atoms. The monoisotopic (exact) mass is 302 g/mol. The summed E-state index contributed by atoms with van der Waals surface area (Å²) in [6.45, 7) is 0.944. The Hall–Kier alpha value is -0.620. The van der Waals surface area contributed by atoms with Gasteiger partial charge in [-0.2, -0.15) is 0 Å². The summed E-state index contributed by atoms with van der Waals surface area (Å²) in [6.07, 6.45) is 0.590. The molecule has 1 heterocycles. The third kappa shape index (κ3) is 3.11. The smallest absolute Gasteiger partial charge is 0.152 e. The Kier molecular flexibility index (Phi) is 4.20. The molecule has 0 amide bonds. The van der Waals surface area contributed by atoms with Crippen molar-refractivity contribution >= 4 is 21.4 Å². The van der Waals surface area contributed by atoms with Crippen LogP contribution in [0.3, 0.4) is 0 Å². The predicted octanol–water partition coefficient (Wildman–Crippen LogP) is 1.29. The van der Waals surface area contributed by atoms with Crippen molar-refractivity contribution < 1.29 is 8.42 Å². The Morgan fingerprint density at radius 3 is 2.63 bits per heavy atom. The molecule has 1 saturated heterocycles. The zero-order chi connectivity index (χ0) is 14.1. The minimum absolute atomic E-state index is 0.136. The van der Waals surface area contributed by atoms with E-state index in [4.69, 9.17) is 17.3 Å². The average Bonchev–Trinajstić information content (AvgIpc) is 2.69. The van der Waals surface area contributed by atoms with E-state index in [1.165, 1.54) is 0 Å². The van der Waals surface area contributed by atoms with E-state index in [1.807, 2.05) is 36.2 Å². The number of sulfone groups is 1. The van der Waals surface area contributed by atoms with Gasteiger partial charge >= 0.3 is 0 Å². The number of likely N-dealkylation sites (N-methyl/N-ethyl adjacent to an activating group) is 1. The summed E-state index contributed by atoms with van der Waals surface area (Å²) in [6, 6.07) is 7.60. The highest BCUT2D eigenvalue weighted by Crippen LogP contribution is 2.30. The van der Waals surface area contributed by atoms with Crippen LogP contribution < -0.4 is 5.73 Å². The molecule has 1 aliphatic heterocycles. The van der Waals surface area contributed by atoms with Gasteiger partial charge in [0.1, 0.15) is 0 Å². The summed E-state index contributed by atoms with van der Waals surface area (Å²) in [5, 5.41) is 0.697. The van der Waals surface area contributed by atoms with Crippen LogP contribution in [0.2, 0.25) is 5.02 Å². The fourth-order valence-electron chi connectivity index (χ4n) is 2.57. The second kappa shape index (κ2) is 5.40. The number of nitrogens with zero attached hydrogens (tertiary/aromatic N) is 1. The summed E-state index contributed by atoms with van der Waals surface area (Å²) in [5.41, 5.74) is 6.37. The first-order valence-corrected chi connectivity index (χ1v) is 8.44. The lowest BCUT2D eigenvalue weighted by molar-refractivity contribution is 0.143. The van der Waals surface area contributed by atoms with Crippen LogP contribution in [0, 0.1) is 0 Å². The summed E-state index contributed by atoms with van der Waals surface area (Å²) in [5.74, 6) is 0.356. The molecular formula is C13H19ClN2O2S. The number of hydrogen-bond acceptors (Lipinski definition) is 4. The van der Waals surface area contributed by atoms with Crippen LogP contribution in [0.5, 0.6) is 0 Å². The number of rotatable bonds is 4. The van der Waals surface area contributed by atoms with Crippen LogP contribution in [0.15, 0.2) is 24.3 Å². The molecule has 1 unspecified atom stereocenters. The summed E-state index contributed by atoms with van der Waals surface area (Å²) in [7, 11) is -1.05. The van der Waals surface area contributed by atoms with Crippen molar-refractivity contribution in [3.63, 3.8) is 0 Å². The molecule has 0 radical (unpaired) electrons. The number of halogens is 1. The molecule has 0 aromatic heterocycles. The van der Waals surface area contributed by atoms with Crippen LogP contribution in [0.1, 0.15) is 12.0 Å². The fraction of sp³-hybridized carbons (Fsp3) is 0.538. The van der Waals surface area contributed by atoms with Gasteiger partial charge in [-0.1, -0.05) is 29.8 Å². The van der Waals surface area contributed by atoms with Crippen LogP contribution >= 0.6 is 11.6 Å². The molecule has 1 aliphatic rings. The Bertz CT molecular complexity index is 562. The lowest BCUT2D eigenvalue weighted by atomic mass is 9.96. The zero-order valence-electron chi connectivity index (χ0n) is 11.0. The minimum atomic E-state index is -2.97. The highest BCUT2D eigenvalue weighted by Gasteiger charge is 2.44. The van der Waals surface area contributed by atoms with Crippen molar-refractivity contribution in [2.24, 2.45) is 5.73 Å². The standard InChI is InChI=1S/C13H19ClN2O2S/c1-16(8-11-4-2-3-5-12(11)14)13(9-15)6-7-19(17,18)10-13/h2-5H,6-10,15H2,1H3. The van der Waals surface area contributed by atoms with E-state index in [0.29, 0.717) is 24.5 Å². The van der Waals surface area contributed by atoms with Gasteiger partial charge in [-0.25, -0.2) is 8.42 Å². The molecule has 2 N–H and O–H groups in total. The largest absolute Gasteiger partial charge is 0.329 e. The van der Waals surface area contributed by atoms with E-state index in [0.717, 1.165) is 5.56 Å². The molecule has 1 aromatic rings. The summed E-state index contributed by atoms with van der Waals surface area (Å²) < 4.78 is 23.4. The van der Waals surface area contributed by atoms with Crippen LogP contribution in [0.4, 0.5) is 0 Å². The lowest BCUT2D eigenvalue weighted by Crippen LogP contribution is -2.52. The highest BCUT2D eigenvalue weighted by atomic mass is 35.5. The molecular weight excluding hydrogens is 284 g/mol. The molecule has 0 aliphatic carbocycles. The molecule has 0 saturated carbocycles. The zero-order valence-corrected chi connectivity index (χ0v) is 12.5. The SMILES string of the molecule is CN(Cc1ccccc1Cl)C1(CN)CCS(=O)(=O)C1. The highest BCUT2D eigenvalue weighted by molar-refractivity contribution is 7.91. The molecule has 4 nitrogen and oxygen atoms in total. The van der Waals surface area contributed by atoms with Gasteiger partial charge in [0.2, 0.25) is 0 Å². The molecule has 1 aromatic carbocycles. The van der Waals surface area contributed by atoms with Crippen LogP contribution in [-0.2, 0) is 16.4 Å². The number of hydrogen-bond donors (Lipinski definition) is 1. The van der Waals surface area contributed by atoms with E-state index in [-0.39, 0.29) is 11.5 Å². The van der Waals surface area contributed by atoms with Crippen molar-refractivity contribution in [2.45, 2.75) is 18.5 Å². The van der Waals surface area contributed by atoms with E-state index >= 15 is 0 Å². The maximum Gasteiger partial charge on any atom is 0.152 e. The normalized spacial score (nSPS) is 25.9. The van der Waals surface area contributed by atoms with Crippen molar-refractivity contribution in [2.75, 3.05) is 25.1 Å². The number of nitrogens with two attached hydrogens (primary N) is 1. The fourth-order valence-corrected chi connectivity index (χ4v) is 4.90. The number of benzene rings is 1. The van der Waals surface area contributed by atoms with Crippen molar-refractivity contribution in [1.29, 1.82) is 0 Å². The first kappa shape index (κ1) is 14.8. The maximum absolute atomic E-state index is 11.7. The molecule has 0 bridgehead atoms. The van der Waals surface area contributed by atoms with Gasteiger partial charge in [0.05, 0.1) is 11.5 Å². The van der Waals surface area contributed by atoms with Gasteiger partial charge in [-0.15, -0.1) is 0 Å². The van der Waals surface area contributed by atoms with Gasteiger partial charge in [0.25, 0.3) is 0 Å². The molecule has 6 heteroatoms. The summed E-state index contributed by atoms with van der Waals surface area (Å²) >= 11 is 6.14. The van der Waals surface area contributed by atoms with Gasteiger partial charge in [0.15, 0.2) is 9.84 Å². The minimum Gasteiger partial charge on any atom is -0.329 e. The third-order valence-electron chi connectivity index (χ3n) is 3.92. The second-order valence-corrected chi connectivity index (χ2v) is 7.81. The maximum atomic E-state index is 11.7. The van der Waals surface area contributed by atoms with Crippen LogP contribution in [0.25, 0.3) is 0 Å². The average molecular weight is 303 g/mol. The van der Waals surface area contributed by atoms with E-state index in [9.17, 15) is 8.42 Å². The lowest BCUT2D eigenvalue weighted by Gasteiger charge is -2.37. The van der Waals surface area contributed by atoms with Gasteiger partial charge in [0, 0.05) is 23.7 Å². The third-order valence-corrected chi connectivity index (χ3v) is 6.09. The quantitative estimate of drug-likeness (QED) is 0.910. The van der Waals surface area contributed by atoms with Crippen molar-refractivity contribution in [3.8, 4) is 0 Å². The van der Waals surface area contributed by atoms with Crippen molar-refractivity contribution in [1.82, 2.24) is 4.90 Å². The Balaban J connectivity index is 2.19. The van der Waals surface area contributed by atoms with Gasteiger partial charge in [-0.05, 0) is 25.1 Å². The molecule has 2 rings (SSSR count). The molecule has 19 heavy (non-hydrogen) atoms. The predicted molar refractivity (Wildman–Crippen MR) is 78.0 cm³/mol. The molecule has 1 fully saturated rings. The van der Waals surface area contributed by atoms with E-state index < -0.39 is 15.4 Å². The van der Waals surface area contributed by atoms with Gasteiger partial charge in [-0.3, -0.25) is 4.90 Å². The molecule has 1 atom stereocenters. The second-order valence-electron chi connectivity index (χ2n) is 5.22. The Morgan fingerprint density at radius 1 is 1.42 bits per heavy atom. The van der Waals surface area contributed by atoms with Crippen LogP contribution in [-0.4, -0.2) is 44.0 Å².